The van der Waals surface area contributed by atoms with Crippen molar-refractivity contribution in [2.75, 3.05) is 20.1 Å². The van der Waals surface area contributed by atoms with Crippen LogP contribution in [0.1, 0.15) is 22.3 Å². The molecule has 0 fully saturated rings. The SMILES string of the molecule is CNCCCNC(=O)c1cccc2nc3cc(C)ccc3nc12. The highest BCUT2D eigenvalue weighted by molar-refractivity contribution is 6.06. The lowest BCUT2D eigenvalue weighted by molar-refractivity contribution is 0.0955. The van der Waals surface area contributed by atoms with E-state index in [4.69, 9.17) is 0 Å². The molecule has 0 saturated heterocycles. The molecule has 0 aliphatic rings. The fourth-order valence-electron chi connectivity index (χ4n) is 2.55. The van der Waals surface area contributed by atoms with E-state index in [0.717, 1.165) is 35.1 Å². The molecule has 0 radical (unpaired) electrons. The van der Waals surface area contributed by atoms with Crippen molar-refractivity contribution in [1.29, 1.82) is 0 Å². The zero-order chi connectivity index (χ0) is 16.2. The van der Waals surface area contributed by atoms with Crippen molar-refractivity contribution < 1.29 is 4.79 Å². The van der Waals surface area contributed by atoms with Crippen molar-refractivity contribution in [1.82, 2.24) is 20.6 Å². The Morgan fingerprint density at radius 2 is 1.91 bits per heavy atom. The molecule has 2 aromatic carbocycles. The number of nitrogens with zero attached hydrogens (tertiary/aromatic N) is 2. The maximum Gasteiger partial charge on any atom is 0.253 e. The van der Waals surface area contributed by atoms with E-state index < -0.39 is 0 Å². The Morgan fingerprint density at radius 3 is 2.74 bits per heavy atom. The number of rotatable bonds is 5. The molecule has 0 spiro atoms. The molecule has 23 heavy (non-hydrogen) atoms. The summed E-state index contributed by atoms with van der Waals surface area (Å²) in [7, 11) is 1.90. The Hall–Kier alpha value is -2.53. The standard InChI is InChI=1S/C18H20N4O/c1-12-7-8-14-16(11-12)21-15-6-3-5-13(17(15)22-14)18(23)20-10-4-9-19-2/h3,5-8,11,19H,4,9-10H2,1-2H3,(H,20,23). The van der Waals surface area contributed by atoms with Crippen molar-refractivity contribution in [3.8, 4) is 0 Å². The van der Waals surface area contributed by atoms with Gasteiger partial charge in [0.2, 0.25) is 0 Å². The Kier molecular flexibility index (Phi) is 4.48. The van der Waals surface area contributed by atoms with Crippen molar-refractivity contribution in [3.05, 3.63) is 47.5 Å². The van der Waals surface area contributed by atoms with E-state index in [-0.39, 0.29) is 5.91 Å². The fourth-order valence-corrected chi connectivity index (χ4v) is 2.55. The first kappa shape index (κ1) is 15.4. The van der Waals surface area contributed by atoms with Gasteiger partial charge in [-0.15, -0.1) is 0 Å². The summed E-state index contributed by atoms with van der Waals surface area (Å²) in [6.45, 7) is 3.54. The summed E-state index contributed by atoms with van der Waals surface area (Å²) in [5, 5.41) is 6.00. The third-order valence-electron chi connectivity index (χ3n) is 3.75. The van der Waals surface area contributed by atoms with Crippen molar-refractivity contribution >= 4 is 28.0 Å². The van der Waals surface area contributed by atoms with Crippen LogP contribution in [0, 0.1) is 6.92 Å². The maximum atomic E-state index is 12.4. The molecule has 3 rings (SSSR count). The van der Waals surface area contributed by atoms with Crippen molar-refractivity contribution in [2.24, 2.45) is 0 Å². The lowest BCUT2D eigenvalue weighted by atomic mass is 10.1. The molecule has 1 aromatic heterocycles. The van der Waals surface area contributed by atoms with Gasteiger partial charge in [-0.2, -0.15) is 0 Å². The van der Waals surface area contributed by atoms with Crippen LogP contribution in [-0.4, -0.2) is 36.0 Å². The van der Waals surface area contributed by atoms with Crippen LogP contribution in [0.3, 0.4) is 0 Å². The van der Waals surface area contributed by atoms with Crippen LogP contribution in [-0.2, 0) is 0 Å². The van der Waals surface area contributed by atoms with Gasteiger partial charge in [0.25, 0.3) is 5.91 Å². The second kappa shape index (κ2) is 6.71. The van der Waals surface area contributed by atoms with Crippen LogP contribution in [0.4, 0.5) is 0 Å². The molecule has 1 amide bonds. The van der Waals surface area contributed by atoms with Gasteiger partial charge in [0.15, 0.2) is 0 Å². The first-order valence-electron chi connectivity index (χ1n) is 7.79. The molecule has 5 nitrogen and oxygen atoms in total. The third kappa shape index (κ3) is 3.29. The predicted molar refractivity (Wildman–Crippen MR) is 92.7 cm³/mol. The highest BCUT2D eigenvalue weighted by Crippen LogP contribution is 2.20. The first-order valence-corrected chi connectivity index (χ1v) is 7.79. The number of amides is 1. The van der Waals surface area contributed by atoms with E-state index >= 15 is 0 Å². The molecule has 0 atom stereocenters. The minimum absolute atomic E-state index is 0.104. The van der Waals surface area contributed by atoms with E-state index in [1.54, 1.807) is 6.07 Å². The number of nitrogens with one attached hydrogen (secondary N) is 2. The van der Waals surface area contributed by atoms with E-state index in [2.05, 4.69) is 20.6 Å². The lowest BCUT2D eigenvalue weighted by Gasteiger charge is -2.08. The van der Waals surface area contributed by atoms with Crippen molar-refractivity contribution in [2.45, 2.75) is 13.3 Å². The number of carbonyl (C=O) groups excluding carboxylic acids is 1. The number of aromatic nitrogens is 2. The Labute approximate surface area is 135 Å². The molecule has 0 bridgehead atoms. The van der Waals surface area contributed by atoms with E-state index in [1.165, 1.54) is 0 Å². The van der Waals surface area contributed by atoms with E-state index in [9.17, 15) is 4.79 Å². The highest BCUT2D eigenvalue weighted by atomic mass is 16.1. The molecule has 0 unspecified atom stereocenters. The summed E-state index contributed by atoms with van der Waals surface area (Å²) < 4.78 is 0. The average Bonchev–Trinajstić information content (AvgIpc) is 2.56. The molecular formula is C18H20N4O. The first-order chi connectivity index (χ1) is 11.2. The molecule has 0 aliphatic carbocycles. The molecule has 0 aliphatic heterocycles. The van der Waals surface area contributed by atoms with Crippen LogP contribution in [0.5, 0.6) is 0 Å². The lowest BCUT2D eigenvalue weighted by Crippen LogP contribution is -2.26. The molecule has 2 N–H and O–H groups in total. The largest absolute Gasteiger partial charge is 0.352 e. The van der Waals surface area contributed by atoms with Gasteiger partial charge in [0.1, 0.15) is 5.52 Å². The van der Waals surface area contributed by atoms with Gasteiger partial charge < -0.3 is 10.6 Å². The fraction of sp³-hybridized carbons (Fsp3) is 0.278. The smallest absolute Gasteiger partial charge is 0.253 e. The van der Waals surface area contributed by atoms with Gasteiger partial charge in [0, 0.05) is 6.54 Å². The zero-order valence-electron chi connectivity index (χ0n) is 13.4. The van der Waals surface area contributed by atoms with Crippen LogP contribution in [0.25, 0.3) is 22.1 Å². The van der Waals surface area contributed by atoms with Crippen LogP contribution in [0.2, 0.25) is 0 Å². The second-order valence-corrected chi connectivity index (χ2v) is 5.60. The summed E-state index contributed by atoms with van der Waals surface area (Å²) in [5.74, 6) is -0.104. The number of para-hydroxylation sites is 1. The Morgan fingerprint density at radius 1 is 1.04 bits per heavy atom. The topological polar surface area (TPSA) is 66.9 Å². The molecule has 118 valence electrons. The minimum Gasteiger partial charge on any atom is -0.352 e. The van der Waals surface area contributed by atoms with Crippen molar-refractivity contribution in [3.63, 3.8) is 0 Å². The summed E-state index contributed by atoms with van der Waals surface area (Å²) in [6, 6.07) is 11.5. The van der Waals surface area contributed by atoms with Crippen LogP contribution < -0.4 is 10.6 Å². The molecule has 0 saturated carbocycles. The predicted octanol–water partition coefficient (Wildman–Crippen LogP) is 2.43. The monoisotopic (exact) mass is 308 g/mol. The Balaban J connectivity index is 1.97. The zero-order valence-corrected chi connectivity index (χ0v) is 13.4. The minimum atomic E-state index is -0.104. The molecule has 5 heteroatoms. The number of carbonyl (C=O) groups is 1. The van der Waals surface area contributed by atoms with Crippen LogP contribution >= 0.6 is 0 Å². The number of aryl methyl sites for hydroxylation is 1. The highest BCUT2D eigenvalue weighted by Gasteiger charge is 2.12. The molecule has 1 heterocycles. The number of fused-ring (bicyclic) bond motifs is 2. The van der Waals surface area contributed by atoms with E-state index in [0.29, 0.717) is 17.6 Å². The van der Waals surface area contributed by atoms with E-state index in [1.807, 2.05) is 44.3 Å². The third-order valence-corrected chi connectivity index (χ3v) is 3.75. The van der Waals surface area contributed by atoms with Gasteiger partial charge in [-0.25, -0.2) is 9.97 Å². The van der Waals surface area contributed by atoms with Gasteiger partial charge in [-0.05, 0) is 56.8 Å². The van der Waals surface area contributed by atoms with Gasteiger partial charge in [0.05, 0.1) is 22.1 Å². The summed E-state index contributed by atoms with van der Waals surface area (Å²) in [6.07, 6.45) is 0.890. The molecular weight excluding hydrogens is 288 g/mol. The number of hydrogen-bond acceptors (Lipinski definition) is 4. The number of benzene rings is 2. The summed E-state index contributed by atoms with van der Waals surface area (Å²) in [4.78, 5) is 21.7. The molecule has 3 aromatic rings. The second-order valence-electron chi connectivity index (χ2n) is 5.60. The average molecular weight is 308 g/mol. The summed E-state index contributed by atoms with van der Waals surface area (Å²) >= 11 is 0. The normalized spacial score (nSPS) is 11.0. The van der Waals surface area contributed by atoms with Gasteiger partial charge in [-0.3, -0.25) is 4.79 Å². The van der Waals surface area contributed by atoms with Crippen LogP contribution in [0.15, 0.2) is 36.4 Å². The maximum absolute atomic E-state index is 12.4. The Bertz CT molecular complexity index is 860. The van der Waals surface area contributed by atoms with Gasteiger partial charge in [-0.1, -0.05) is 12.1 Å². The number of hydrogen-bond donors (Lipinski definition) is 2. The summed E-state index contributed by atoms with van der Waals surface area (Å²) in [5.41, 5.74) is 4.76. The quantitative estimate of drug-likeness (QED) is 0.561. The van der Waals surface area contributed by atoms with Gasteiger partial charge >= 0.3 is 0 Å².